The van der Waals surface area contributed by atoms with Crippen LogP contribution in [-0.4, -0.2) is 15.5 Å². The van der Waals surface area contributed by atoms with Crippen LogP contribution in [0.3, 0.4) is 0 Å². The van der Waals surface area contributed by atoms with Gasteiger partial charge in [0.1, 0.15) is 0 Å². The van der Waals surface area contributed by atoms with Crippen LogP contribution in [0.1, 0.15) is 18.9 Å². The zero-order valence-electron chi connectivity index (χ0n) is 8.95. The van der Waals surface area contributed by atoms with E-state index in [-0.39, 0.29) is 24.4 Å². The van der Waals surface area contributed by atoms with E-state index in [0.717, 1.165) is 0 Å². The van der Waals surface area contributed by atoms with E-state index in [4.69, 9.17) is 5.84 Å². The number of hydrogen-bond donors (Lipinski definition) is 3. The third-order valence-corrected chi connectivity index (χ3v) is 2.21. The molecule has 0 fully saturated rings. The molecule has 0 aromatic carbocycles. The number of hydrazine groups is 1. The van der Waals surface area contributed by atoms with Gasteiger partial charge in [-0.25, -0.2) is 10.6 Å². The Morgan fingerprint density at radius 1 is 1.56 bits per heavy atom. The molecule has 0 spiro atoms. The van der Waals surface area contributed by atoms with E-state index >= 15 is 0 Å². The summed E-state index contributed by atoms with van der Waals surface area (Å²) in [5.41, 5.74) is 1.57. The molecule has 1 aromatic rings. The number of carbonyl (C=O) groups excluding carboxylic acids is 1. The largest absolute Gasteiger partial charge is 0.328 e. The van der Waals surface area contributed by atoms with Crippen LogP contribution in [0.15, 0.2) is 15.8 Å². The van der Waals surface area contributed by atoms with Crippen LogP contribution in [0.2, 0.25) is 0 Å². The molecule has 88 valence electrons. The minimum Gasteiger partial charge on any atom is -0.300 e. The fourth-order valence-electron chi connectivity index (χ4n) is 1.27. The maximum atomic E-state index is 11.4. The van der Waals surface area contributed by atoms with Gasteiger partial charge < -0.3 is 0 Å². The second kappa shape index (κ2) is 5.26. The van der Waals surface area contributed by atoms with E-state index in [0.29, 0.717) is 12.0 Å². The van der Waals surface area contributed by atoms with Gasteiger partial charge in [0.25, 0.3) is 5.56 Å². The number of nitrogens with zero attached hydrogens (tertiary/aromatic N) is 1. The molecule has 0 aliphatic heterocycles. The smallest absolute Gasteiger partial charge is 0.300 e. The highest BCUT2D eigenvalue weighted by atomic mass is 16.2. The minimum absolute atomic E-state index is 0.0889. The third kappa shape index (κ3) is 2.80. The molecule has 0 atom stereocenters. The van der Waals surface area contributed by atoms with Crippen molar-refractivity contribution in [3.05, 3.63) is 32.6 Å². The molecule has 0 saturated carbocycles. The molecule has 1 aromatic heterocycles. The number of aromatic nitrogens is 2. The first-order valence-corrected chi connectivity index (χ1v) is 4.90. The fraction of sp³-hybridized carbons (Fsp3) is 0.444. The molecule has 0 aliphatic carbocycles. The number of amides is 1. The molecule has 0 radical (unpaired) electrons. The number of carbonyl (C=O) groups is 1. The topological polar surface area (TPSA) is 110 Å². The van der Waals surface area contributed by atoms with Crippen LogP contribution >= 0.6 is 0 Å². The predicted molar refractivity (Wildman–Crippen MR) is 57.6 cm³/mol. The Balaban J connectivity index is 2.92. The second-order valence-corrected chi connectivity index (χ2v) is 3.28. The maximum absolute atomic E-state index is 11.4. The molecule has 0 saturated heterocycles. The molecule has 7 nitrogen and oxygen atoms in total. The Kier molecular flexibility index (Phi) is 4.01. The third-order valence-electron chi connectivity index (χ3n) is 2.21. The molecule has 0 aliphatic rings. The van der Waals surface area contributed by atoms with Crippen LogP contribution < -0.4 is 22.5 Å². The standard InChI is InChI=1S/C9H14N4O3/c1-2-6-5-13(4-3-7(14)12-10)9(16)11-8(6)15/h5H,2-4,10H2,1H3,(H,12,14)(H,11,15,16). The van der Waals surface area contributed by atoms with E-state index < -0.39 is 5.69 Å². The zero-order chi connectivity index (χ0) is 12.1. The fourth-order valence-corrected chi connectivity index (χ4v) is 1.27. The van der Waals surface area contributed by atoms with Crippen molar-refractivity contribution in [2.45, 2.75) is 26.3 Å². The molecule has 1 heterocycles. The van der Waals surface area contributed by atoms with Crippen LogP contribution in [0.5, 0.6) is 0 Å². The van der Waals surface area contributed by atoms with Gasteiger partial charge in [-0.1, -0.05) is 6.92 Å². The van der Waals surface area contributed by atoms with Gasteiger partial charge in [-0.15, -0.1) is 0 Å². The van der Waals surface area contributed by atoms with E-state index in [2.05, 4.69) is 4.98 Å². The summed E-state index contributed by atoms with van der Waals surface area (Å²) in [6.07, 6.45) is 2.08. The van der Waals surface area contributed by atoms with Crippen molar-refractivity contribution in [2.75, 3.05) is 0 Å². The molecular formula is C9H14N4O3. The first-order chi connectivity index (χ1) is 7.58. The van der Waals surface area contributed by atoms with E-state index in [1.54, 1.807) is 0 Å². The number of rotatable bonds is 4. The molecule has 1 rings (SSSR count). The molecule has 0 unspecified atom stereocenters. The van der Waals surface area contributed by atoms with E-state index in [1.165, 1.54) is 10.8 Å². The minimum atomic E-state index is -0.521. The number of hydrogen-bond acceptors (Lipinski definition) is 4. The molecule has 0 bridgehead atoms. The van der Waals surface area contributed by atoms with Gasteiger partial charge in [0.05, 0.1) is 0 Å². The van der Waals surface area contributed by atoms with Gasteiger partial charge in [-0.05, 0) is 6.42 Å². The van der Waals surface area contributed by atoms with Crippen molar-refractivity contribution in [2.24, 2.45) is 5.84 Å². The quantitative estimate of drug-likeness (QED) is 0.329. The molecule has 4 N–H and O–H groups in total. The number of aromatic amines is 1. The van der Waals surface area contributed by atoms with Gasteiger partial charge in [-0.2, -0.15) is 0 Å². The first-order valence-electron chi connectivity index (χ1n) is 4.90. The first kappa shape index (κ1) is 12.2. The summed E-state index contributed by atoms with van der Waals surface area (Å²) in [6.45, 7) is 2.00. The van der Waals surface area contributed by atoms with Crippen molar-refractivity contribution in [1.82, 2.24) is 15.0 Å². The number of nitrogens with two attached hydrogens (primary N) is 1. The van der Waals surface area contributed by atoms with E-state index in [9.17, 15) is 14.4 Å². The Labute approximate surface area is 91.2 Å². The zero-order valence-corrected chi connectivity index (χ0v) is 8.95. The molecular weight excluding hydrogens is 212 g/mol. The lowest BCUT2D eigenvalue weighted by Gasteiger charge is -2.05. The maximum Gasteiger partial charge on any atom is 0.328 e. The van der Waals surface area contributed by atoms with Crippen molar-refractivity contribution in [3.8, 4) is 0 Å². The van der Waals surface area contributed by atoms with Gasteiger partial charge in [0.2, 0.25) is 5.91 Å². The van der Waals surface area contributed by atoms with Crippen LogP contribution in [0, 0.1) is 0 Å². The van der Waals surface area contributed by atoms with Crippen molar-refractivity contribution in [3.63, 3.8) is 0 Å². The number of nitrogens with one attached hydrogen (secondary N) is 2. The predicted octanol–water partition coefficient (Wildman–Crippen LogP) is -1.52. The van der Waals surface area contributed by atoms with Crippen molar-refractivity contribution >= 4 is 5.91 Å². The van der Waals surface area contributed by atoms with Crippen molar-refractivity contribution < 1.29 is 4.79 Å². The summed E-state index contributed by atoms with van der Waals surface area (Å²) in [4.78, 5) is 35.7. The lowest BCUT2D eigenvalue weighted by atomic mass is 10.2. The molecule has 16 heavy (non-hydrogen) atoms. The molecule has 7 heteroatoms. The average Bonchev–Trinajstić information content (AvgIpc) is 2.27. The lowest BCUT2D eigenvalue weighted by molar-refractivity contribution is -0.121. The molecule has 1 amide bonds. The summed E-state index contributed by atoms with van der Waals surface area (Å²) in [5.74, 6) is 4.55. The van der Waals surface area contributed by atoms with Crippen LogP contribution in [-0.2, 0) is 17.8 Å². The Morgan fingerprint density at radius 3 is 2.81 bits per heavy atom. The van der Waals surface area contributed by atoms with Gasteiger partial charge in [0.15, 0.2) is 0 Å². The number of H-pyrrole nitrogens is 1. The van der Waals surface area contributed by atoms with E-state index in [1.807, 2.05) is 12.3 Å². The summed E-state index contributed by atoms with van der Waals surface area (Å²) in [6, 6.07) is 0. The average molecular weight is 226 g/mol. The summed E-state index contributed by atoms with van der Waals surface area (Å²) < 4.78 is 1.29. The summed E-state index contributed by atoms with van der Waals surface area (Å²) >= 11 is 0. The summed E-state index contributed by atoms with van der Waals surface area (Å²) in [7, 11) is 0. The highest BCUT2D eigenvalue weighted by Crippen LogP contribution is 1.91. The van der Waals surface area contributed by atoms with Crippen LogP contribution in [0.25, 0.3) is 0 Å². The lowest BCUT2D eigenvalue weighted by Crippen LogP contribution is -2.35. The Morgan fingerprint density at radius 2 is 2.25 bits per heavy atom. The van der Waals surface area contributed by atoms with Gasteiger partial charge in [-0.3, -0.25) is 24.6 Å². The Bertz CT molecular complexity index is 488. The normalized spacial score (nSPS) is 10.1. The second-order valence-electron chi connectivity index (χ2n) is 3.28. The van der Waals surface area contributed by atoms with Crippen molar-refractivity contribution in [1.29, 1.82) is 0 Å². The number of aryl methyl sites for hydroxylation is 2. The highest BCUT2D eigenvalue weighted by molar-refractivity contribution is 5.74. The highest BCUT2D eigenvalue weighted by Gasteiger charge is 2.04. The SMILES string of the molecule is CCc1cn(CCC(=O)NN)c(=O)[nH]c1=O. The Hall–Kier alpha value is -1.89. The van der Waals surface area contributed by atoms with Gasteiger partial charge in [0, 0.05) is 24.7 Å². The monoisotopic (exact) mass is 226 g/mol. The van der Waals surface area contributed by atoms with Gasteiger partial charge >= 0.3 is 5.69 Å². The van der Waals surface area contributed by atoms with Crippen LogP contribution in [0.4, 0.5) is 0 Å². The summed E-state index contributed by atoms with van der Waals surface area (Å²) in [5, 5.41) is 0.